The van der Waals surface area contributed by atoms with E-state index < -0.39 is 0 Å². The van der Waals surface area contributed by atoms with Crippen molar-refractivity contribution in [2.75, 3.05) is 19.6 Å². The van der Waals surface area contributed by atoms with Gasteiger partial charge in [-0.25, -0.2) is 4.98 Å². The van der Waals surface area contributed by atoms with Crippen molar-refractivity contribution in [3.8, 4) is 0 Å². The van der Waals surface area contributed by atoms with E-state index in [1.807, 2.05) is 12.3 Å². The molecule has 5 heteroatoms. The molecule has 3 atom stereocenters. The highest BCUT2D eigenvalue weighted by Crippen LogP contribution is 2.34. The molecule has 2 fully saturated rings. The monoisotopic (exact) mass is 328 g/mol. The highest BCUT2D eigenvalue weighted by Gasteiger charge is 2.30. The van der Waals surface area contributed by atoms with Crippen LogP contribution in [0.1, 0.15) is 55.6 Å². The van der Waals surface area contributed by atoms with Gasteiger partial charge in [-0.3, -0.25) is 4.90 Å². The topological polar surface area (TPSA) is 46.2 Å². The molecule has 1 aliphatic heterocycles. The number of imidazole rings is 1. The largest absolute Gasteiger partial charge is 0.468 e. The molecule has 2 aliphatic rings. The molecule has 0 amide bonds. The number of nitrogens with one attached hydrogen (secondary N) is 1. The molecule has 1 saturated heterocycles. The Hall–Kier alpha value is -1.59. The lowest BCUT2D eigenvalue weighted by Crippen LogP contribution is -2.37. The normalized spacial score (nSPS) is 26.2. The lowest BCUT2D eigenvalue weighted by atomic mass is 10.1. The van der Waals surface area contributed by atoms with Gasteiger partial charge in [-0.2, -0.15) is 0 Å². The molecule has 0 radical (unpaired) electrons. The third kappa shape index (κ3) is 3.28. The van der Waals surface area contributed by atoms with Crippen LogP contribution < -0.4 is 5.32 Å². The number of likely N-dealkylation sites (tertiary alicyclic amines) is 1. The van der Waals surface area contributed by atoms with Crippen LogP contribution in [0, 0.1) is 0 Å². The van der Waals surface area contributed by atoms with Crippen LogP contribution in [0.3, 0.4) is 0 Å². The lowest BCUT2D eigenvalue weighted by molar-refractivity contribution is 0.204. The Morgan fingerprint density at radius 3 is 2.92 bits per heavy atom. The Balaban J connectivity index is 1.36. The van der Waals surface area contributed by atoms with Crippen LogP contribution in [0.4, 0.5) is 0 Å². The molecule has 3 heterocycles. The van der Waals surface area contributed by atoms with Gasteiger partial charge in [0.2, 0.25) is 0 Å². The van der Waals surface area contributed by atoms with Crippen molar-refractivity contribution in [2.45, 2.75) is 50.1 Å². The van der Waals surface area contributed by atoms with Crippen molar-refractivity contribution in [2.24, 2.45) is 7.05 Å². The molecule has 1 aliphatic carbocycles. The van der Waals surface area contributed by atoms with E-state index in [-0.39, 0.29) is 0 Å². The molecule has 2 aromatic heterocycles. The fourth-order valence-corrected chi connectivity index (χ4v) is 4.39. The molecule has 0 aromatic carbocycles. The van der Waals surface area contributed by atoms with Crippen LogP contribution in [-0.2, 0) is 7.05 Å². The van der Waals surface area contributed by atoms with E-state index in [1.165, 1.54) is 51.0 Å². The van der Waals surface area contributed by atoms with Crippen LogP contribution in [-0.4, -0.2) is 40.1 Å². The Labute approximate surface area is 144 Å². The van der Waals surface area contributed by atoms with Crippen molar-refractivity contribution in [3.05, 3.63) is 42.4 Å². The number of aromatic nitrogens is 2. The van der Waals surface area contributed by atoms with Crippen LogP contribution in [0.5, 0.6) is 0 Å². The van der Waals surface area contributed by atoms with Gasteiger partial charge in [0, 0.05) is 37.9 Å². The number of nitrogens with zero attached hydrogens (tertiary/aromatic N) is 3. The van der Waals surface area contributed by atoms with Gasteiger partial charge in [0.25, 0.3) is 0 Å². The minimum absolute atomic E-state index is 0.370. The van der Waals surface area contributed by atoms with Gasteiger partial charge in [-0.05, 0) is 57.3 Å². The van der Waals surface area contributed by atoms with Crippen molar-refractivity contribution >= 4 is 0 Å². The zero-order valence-corrected chi connectivity index (χ0v) is 14.5. The molecule has 0 spiro atoms. The van der Waals surface area contributed by atoms with Crippen LogP contribution >= 0.6 is 0 Å². The second-order valence-corrected chi connectivity index (χ2v) is 7.29. The second kappa shape index (κ2) is 7.11. The first-order valence-corrected chi connectivity index (χ1v) is 9.29. The quantitative estimate of drug-likeness (QED) is 0.885. The maximum atomic E-state index is 5.72. The van der Waals surface area contributed by atoms with Crippen molar-refractivity contribution in [1.29, 1.82) is 0 Å². The van der Waals surface area contributed by atoms with Crippen molar-refractivity contribution < 1.29 is 4.42 Å². The third-order valence-corrected chi connectivity index (χ3v) is 5.71. The SMILES string of the molecule is Cn1ccnc1C1CCC(NCC(c2ccco2)N2CCCC2)C1. The maximum Gasteiger partial charge on any atom is 0.122 e. The Bertz CT molecular complexity index is 630. The van der Waals surface area contributed by atoms with Crippen LogP contribution in [0.15, 0.2) is 35.2 Å². The maximum absolute atomic E-state index is 5.72. The van der Waals surface area contributed by atoms with E-state index in [1.54, 1.807) is 6.26 Å². The third-order valence-electron chi connectivity index (χ3n) is 5.71. The lowest BCUT2D eigenvalue weighted by Gasteiger charge is -2.27. The van der Waals surface area contributed by atoms with Gasteiger partial charge < -0.3 is 14.3 Å². The predicted octanol–water partition coefficient (Wildman–Crippen LogP) is 3.08. The Morgan fingerprint density at radius 2 is 2.21 bits per heavy atom. The van der Waals surface area contributed by atoms with E-state index in [4.69, 9.17) is 4.42 Å². The molecule has 3 unspecified atom stereocenters. The molecular weight excluding hydrogens is 300 g/mol. The molecule has 5 nitrogen and oxygen atoms in total. The summed E-state index contributed by atoms with van der Waals surface area (Å²) < 4.78 is 7.89. The number of hydrogen-bond acceptors (Lipinski definition) is 4. The van der Waals surface area contributed by atoms with E-state index in [9.17, 15) is 0 Å². The summed E-state index contributed by atoms with van der Waals surface area (Å²) in [4.78, 5) is 7.11. The van der Waals surface area contributed by atoms with E-state index in [0.29, 0.717) is 18.0 Å². The first kappa shape index (κ1) is 15.9. The summed E-state index contributed by atoms with van der Waals surface area (Å²) >= 11 is 0. The zero-order chi connectivity index (χ0) is 16.4. The number of rotatable bonds is 6. The van der Waals surface area contributed by atoms with Crippen molar-refractivity contribution in [1.82, 2.24) is 19.8 Å². The molecule has 4 rings (SSSR count). The minimum Gasteiger partial charge on any atom is -0.468 e. The average Bonchev–Trinajstić information content (AvgIpc) is 3.37. The predicted molar refractivity (Wildman–Crippen MR) is 93.8 cm³/mol. The molecule has 0 bridgehead atoms. The average molecular weight is 328 g/mol. The minimum atomic E-state index is 0.370. The Morgan fingerprint density at radius 1 is 1.33 bits per heavy atom. The number of furan rings is 1. The molecular formula is C19H28N4O. The smallest absolute Gasteiger partial charge is 0.122 e. The summed E-state index contributed by atoms with van der Waals surface area (Å²) in [6.07, 6.45) is 12.0. The summed E-state index contributed by atoms with van der Waals surface area (Å²) in [5, 5.41) is 3.82. The van der Waals surface area contributed by atoms with E-state index in [2.05, 4.69) is 39.1 Å². The standard InChI is InChI=1S/C19H28N4O/c1-22-11-8-20-19(22)15-6-7-16(13-15)21-14-17(18-5-4-12-24-18)23-9-2-3-10-23/h4-5,8,11-12,15-17,21H,2-3,6-7,9-10,13-14H2,1H3. The van der Waals surface area contributed by atoms with Gasteiger partial charge >= 0.3 is 0 Å². The summed E-state index contributed by atoms with van der Waals surface area (Å²) in [5.41, 5.74) is 0. The number of aryl methyl sites for hydroxylation is 1. The first-order valence-electron chi connectivity index (χ1n) is 9.29. The summed E-state index contributed by atoms with van der Waals surface area (Å²) in [7, 11) is 2.10. The zero-order valence-electron chi connectivity index (χ0n) is 14.5. The first-order chi connectivity index (χ1) is 11.8. The molecule has 24 heavy (non-hydrogen) atoms. The molecule has 130 valence electrons. The van der Waals surface area contributed by atoms with Gasteiger partial charge in [0.1, 0.15) is 11.6 Å². The summed E-state index contributed by atoms with van der Waals surface area (Å²) in [6.45, 7) is 3.35. The van der Waals surface area contributed by atoms with E-state index in [0.717, 1.165) is 12.3 Å². The van der Waals surface area contributed by atoms with Crippen molar-refractivity contribution in [3.63, 3.8) is 0 Å². The Kier molecular flexibility index (Phi) is 4.72. The van der Waals surface area contributed by atoms with Crippen LogP contribution in [0.25, 0.3) is 0 Å². The highest BCUT2D eigenvalue weighted by molar-refractivity contribution is 5.08. The van der Waals surface area contributed by atoms with Crippen LogP contribution in [0.2, 0.25) is 0 Å². The van der Waals surface area contributed by atoms with Gasteiger partial charge in [0.05, 0.1) is 12.3 Å². The molecule has 1 N–H and O–H groups in total. The fraction of sp³-hybridized carbons (Fsp3) is 0.632. The van der Waals surface area contributed by atoms with Gasteiger partial charge in [-0.1, -0.05) is 0 Å². The summed E-state index contributed by atoms with van der Waals surface area (Å²) in [5.74, 6) is 2.93. The summed E-state index contributed by atoms with van der Waals surface area (Å²) in [6, 6.07) is 5.09. The number of hydrogen-bond donors (Lipinski definition) is 1. The van der Waals surface area contributed by atoms with E-state index >= 15 is 0 Å². The highest BCUT2D eigenvalue weighted by atomic mass is 16.3. The second-order valence-electron chi connectivity index (χ2n) is 7.29. The molecule has 1 saturated carbocycles. The molecule has 2 aromatic rings. The fourth-order valence-electron chi connectivity index (χ4n) is 4.39. The van der Waals surface area contributed by atoms with Gasteiger partial charge in [0.15, 0.2) is 0 Å². The van der Waals surface area contributed by atoms with Gasteiger partial charge in [-0.15, -0.1) is 0 Å².